The van der Waals surface area contributed by atoms with E-state index in [4.69, 9.17) is 4.74 Å². The minimum atomic E-state index is 0. The Balaban J connectivity index is 0.00000169. The summed E-state index contributed by atoms with van der Waals surface area (Å²) in [6, 6.07) is 15.9. The topological polar surface area (TPSA) is 21.3 Å². The van der Waals surface area contributed by atoms with Gasteiger partial charge in [0.05, 0.1) is 7.11 Å². The highest BCUT2D eigenvalue weighted by Crippen LogP contribution is 2.45. The Kier molecular flexibility index (Phi) is 5.17. The lowest BCUT2D eigenvalue weighted by Crippen LogP contribution is -2.31. The van der Waals surface area contributed by atoms with E-state index in [0.717, 1.165) is 31.1 Å². The third-order valence-electron chi connectivity index (χ3n) is 5.78. The van der Waals surface area contributed by atoms with Gasteiger partial charge in [-0.25, -0.2) is 0 Å². The zero-order chi connectivity index (χ0) is 15.8. The molecule has 3 atom stereocenters. The van der Waals surface area contributed by atoms with Crippen molar-refractivity contribution in [1.82, 2.24) is 5.32 Å². The molecule has 1 aliphatic heterocycles. The Morgan fingerprint density at radius 2 is 1.92 bits per heavy atom. The number of aryl methyl sites for hydroxylation is 1. The number of hydrogen-bond donors (Lipinski definition) is 1. The second kappa shape index (κ2) is 7.16. The number of halogens is 1. The number of benzene rings is 2. The van der Waals surface area contributed by atoms with Crippen LogP contribution in [0.3, 0.4) is 0 Å². The SMILES string of the molecule is COc1ccc(C)c2c1CCC1C(Cc3ccccc3)NCC21.Cl. The Morgan fingerprint density at radius 1 is 1.12 bits per heavy atom. The maximum Gasteiger partial charge on any atom is 0.122 e. The van der Waals surface area contributed by atoms with Gasteiger partial charge in [0.1, 0.15) is 5.75 Å². The van der Waals surface area contributed by atoms with Crippen LogP contribution in [0.4, 0.5) is 0 Å². The van der Waals surface area contributed by atoms with Crippen molar-refractivity contribution in [2.24, 2.45) is 5.92 Å². The number of fused-ring (bicyclic) bond motifs is 3. The van der Waals surface area contributed by atoms with Crippen LogP contribution in [0.25, 0.3) is 0 Å². The van der Waals surface area contributed by atoms with Gasteiger partial charge in [-0.1, -0.05) is 36.4 Å². The molecule has 0 amide bonds. The quantitative estimate of drug-likeness (QED) is 0.897. The van der Waals surface area contributed by atoms with Crippen molar-refractivity contribution in [1.29, 1.82) is 0 Å². The standard InChI is InChI=1S/C21H25NO.ClH/c1-14-8-11-20(23-2)17-10-9-16-18(21(14)17)13-22-19(16)12-15-6-4-3-5-7-15;/h3-8,11,16,18-19,22H,9-10,12-13H2,1-2H3;1H. The summed E-state index contributed by atoms with van der Waals surface area (Å²) in [6.45, 7) is 3.36. The molecule has 128 valence electrons. The molecule has 3 heteroatoms. The molecule has 2 aromatic rings. The van der Waals surface area contributed by atoms with Gasteiger partial charge in [0, 0.05) is 18.5 Å². The van der Waals surface area contributed by atoms with Crippen molar-refractivity contribution in [3.63, 3.8) is 0 Å². The largest absolute Gasteiger partial charge is 0.496 e. The van der Waals surface area contributed by atoms with Crippen LogP contribution in [0.2, 0.25) is 0 Å². The van der Waals surface area contributed by atoms with Gasteiger partial charge in [0.2, 0.25) is 0 Å². The number of ether oxygens (including phenoxy) is 1. The van der Waals surface area contributed by atoms with Gasteiger partial charge in [-0.05, 0) is 60.4 Å². The first-order valence-electron chi connectivity index (χ1n) is 8.71. The maximum atomic E-state index is 5.62. The molecule has 0 radical (unpaired) electrons. The van der Waals surface area contributed by atoms with E-state index in [9.17, 15) is 0 Å². The minimum absolute atomic E-state index is 0. The monoisotopic (exact) mass is 343 g/mol. The fourth-order valence-corrected chi connectivity index (χ4v) is 4.71. The minimum Gasteiger partial charge on any atom is -0.496 e. The van der Waals surface area contributed by atoms with Crippen LogP contribution in [-0.2, 0) is 12.8 Å². The highest BCUT2D eigenvalue weighted by molar-refractivity contribution is 5.85. The molecular formula is C21H26ClNO. The van der Waals surface area contributed by atoms with Crippen LogP contribution in [0, 0.1) is 12.8 Å². The summed E-state index contributed by atoms with van der Waals surface area (Å²) in [7, 11) is 1.79. The van der Waals surface area contributed by atoms with Crippen molar-refractivity contribution < 1.29 is 4.74 Å². The zero-order valence-electron chi connectivity index (χ0n) is 14.4. The summed E-state index contributed by atoms with van der Waals surface area (Å²) in [5.41, 5.74) is 5.89. The molecule has 1 aliphatic carbocycles. The number of nitrogens with one attached hydrogen (secondary N) is 1. The molecule has 2 aliphatic rings. The first-order valence-corrected chi connectivity index (χ1v) is 8.71. The summed E-state index contributed by atoms with van der Waals surface area (Å²) in [5.74, 6) is 2.46. The molecule has 4 rings (SSSR count). The average molecular weight is 344 g/mol. The molecule has 0 spiro atoms. The molecule has 0 bridgehead atoms. The molecule has 2 aromatic carbocycles. The second-order valence-electron chi connectivity index (χ2n) is 6.99. The highest BCUT2D eigenvalue weighted by Gasteiger charge is 2.41. The fourth-order valence-electron chi connectivity index (χ4n) is 4.71. The van der Waals surface area contributed by atoms with Crippen LogP contribution in [0.5, 0.6) is 5.75 Å². The van der Waals surface area contributed by atoms with E-state index >= 15 is 0 Å². The molecule has 1 saturated heterocycles. The van der Waals surface area contributed by atoms with E-state index in [1.54, 1.807) is 12.7 Å². The van der Waals surface area contributed by atoms with E-state index in [2.05, 4.69) is 54.7 Å². The number of methoxy groups -OCH3 is 1. The predicted molar refractivity (Wildman–Crippen MR) is 101 cm³/mol. The maximum absolute atomic E-state index is 5.62. The third kappa shape index (κ3) is 2.94. The summed E-state index contributed by atoms with van der Waals surface area (Å²) < 4.78 is 5.62. The van der Waals surface area contributed by atoms with E-state index in [1.165, 1.54) is 23.1 Å². The molecular weight excluding hydrogens is 318 g/mol. The molecule has 3 unspecified atom stereocenters. The van der Waals surface area contributed by atoms with Crippen LogP contribution in [0.1, 0.15) is 34.6 Å². The normalized spacial score (nSPS) is 24.7. The summed E-state index contributed by atoms with van der Waals surface area (Å²) in [6.07, 6.45) is 3.55. The fraction of sp³-hybridized carbons (Fsp3) is 0.429. The first-order chi connectivity index (χ1) is 11.3. The Morgan fingerprint density at radius 3 is 2.67 bits per heavy atom. The average Bonchev–Trinajstić information content (AvgIpc) is 2.99. The molecule has 1 fully saturated rings. The first kappa shape index (κ1) is 17.3. The van der Waals surface area contributed by atoms with Crippen LogP contribution in [-0.4, -0.2) is 19.7 Å². The second-order valence-corrected chi connectivity index (χ2v) is 6.99. The predicted octanol–water partition coefficient (Wildman–Crippen LogP) is 4.29. The van der Waals surface area contributed by atoms with Crippen molar-refractivity contribution in [3.8, 4) is 5.75 Å². The lowest BCUT2D eigenvalue weighted by atomic mass is 9.72. The molecule has 1 heterocycles. The van der Waals surface area contributed by atoms with E-state index in [0.29, 0.717) is 12.0 Å². The van der Waals surface area contributed by atoms with E-state index < -0.39 is 0 Å². The summed E-state index contributed by atoms with van der Waals surface area (Å²) in [4.78, 5) is 0. The van der Waals surface area contributed by atoms with Crippen molar-refractivity contribution in [2.75, 3.05) is 13.7 Å². The van der Waals surface area contributed by atoms with Gasteiger partial charge in [-0.2, -0.15) is 0 Å². The van der Waals surface area contributed by atoms with Crippen LogP contribution >= 0.6 is 12.4 Å². The van der Waals surface area contributed by atoms with E-state index in [-0.39, 0.29) is 12.4 Å². The highest BCUT2D eigenvalue weighted by atomic mass is 35.5. The summed E-state index contributed by atoms with van der Waals surface area (Å²) >= 11 is 0. The molecule has 0 saturated carbocycles. The smallest absolute Gasteiger partial charge is 0.122 e. The molecule has 2 nitrogen and oxygen atoms in total. The third-order valence-corrected chi connectivity index (χ3v) is 5.78. The van der Waals surface area contributed by atoms with Crippen molar-refractivity contribution in [2.45, 2.75) is 38.1 Å². The van der Waals surface area contributed by atoms with Gasteiger partial charge in [0.25, 0.3) is 0 Å². The number of hydrogen-bond acceptors (Lipinski definition) is 2. The Bertz CT molecular complexity index is 700. The van der Waals surface area contributed by atoms with E-state index in [1.807, 2.05) is 0 Å². The zero-order valence-corrected chi connectivity index (χ0v) is 15.2. The lowest BCUT2D eigenvalue weighted by Gasteiger charge is -2.33. The van der Waals surface area contributed by atoms with Gasteiger partial charge >= 0.3 is 0 Å². The van der Waals surface area contributed by atoms with Gasteiger partial charge < -0.3 is 10.1 Å². The Hall–Kier alpha value is -1.51. The van der Waals surface area contributed by atoms with Crippen molar-refractivity contribution >= 4 is 12.4 Å². The molecule has 0 aromatic heterocycles. The Labute approximate surface area is 151 Å². The van der Waals surface area contributed by atoms with Crippen LogP contribution < -0.4 is 10.1 Å². The van der Waals surface area contributed by atoms with Gasteiger partial charge in [-0.15, -0.1) is 12.4 Å². The molecule has 24 heavy (non-hydrogen) atoms. The molecule has 1 N–H and O–H groups in total. The number of rotatable bonds is 3. The lowest BCUT2D eigenvalue weighted by molar-refractivity contribution is 0.358. The van der Waals surface area contributed by atoms with Crippen molar-refractivity contribution in [3.05, 3.63) is 64.7 Å². The van der Waals surface area contributed by atoms with Crippen LogP contribution in [0.15, 0.2) is 42.5 Å². The summed E-state index contributed by atoms with van der Waals surface area (Å²) in [5, 5.41) is 3.81. The van der Waals surface area contributed by atoms with Gasteiger partial charge in [0.15, 0.2) is 0 Å². The van der Waals surface area contributed by atoms with Gasteiger partial charge in [-0.3, -0.25) is 0 Å².